The van der Waals surface area contributed by atoms with Gasteiger partial charge >= 0.3 is 19.9 Å². The van der Waals surface area contributed by atoms with Gasteiger partial charge in [-0.05, 0) is 53.4 Å². The number of anilines is 1. The number of piperidine rings is 1. The minimum Gasteiger partial charge on any atom is -0.432 e. The van der Waals surface area contributed by atoms with Crippen LogP contribution in [0.15, 0.2) is 12.7 Å². The molecule has 2 aromatic heterocycles. The summed E-state index contributed by atoms with van der Waals surface area (Å²) in [7, 11) is -4.09. The van der Waals surface area contributed by atoms with E-state index in [1.807, 2.05) is 0 Å². The molecule has 1 unspecified atom stereocenters. The lowest BCUT2D eigenvalue weighted by Gasteiger charge is -2.27. The highest BCUT2D eigenvalue weighted by molar-refractivity contribution is 7.53. The lowest BCUT2D eigenvalue weighted by Crippen LogP contribution is -2.30. The molecule has 1 fully saturated rings. The average molecular weight is 618 g/mol. The maximum absolute atomic E-state index is 13.2. The van der Waals surface area contributed by atoms with E-state index in [4.69, 9.17) is 32.7 Å². The molecule has 1 N–H and O–H groups in total. The SMILES string of the molecule is CC(C)OC(=O)OCOP(=O)(COCCC(CO)n1cnc2c(N3CCCCC3)ncnc21)OCOC(=O)OC(C)C. The number of carbonyl (C=O) groups is 2. The number of aliphatic hydroxyl groups is 1. The zero-order valence-corrected chi connectivity index (χ0v) is 25.3. The van der Waals surface area contributed by atoms with Crippen LogP contribution < -0.4 is 4.90 Å². The van der Waals surface area contributed by atoms with Crippen LogP contribution in [-0.2, 0) is 37.3 Å². The maximum Gasteiger partial charge on any atom is 0.510 e. The first-order valence-electron chi connectivity index (χ1n) is 13.8. The van der Waals surface area contributed by atoms with Crippen LogP contribution in [0.4, 0.5) is 15.4 Å². The van der Waals surface area contributed by atoms with E-state index in [9.17, 15) is 19.3 Å². The van der Waals surface area contributed by atoms with Gasteiger partial charge in [-0.15, -0.1) is 0 Å². The molecular weight excluding hydrogens is 577 g/mol. The highest BCUT2D eigenvalue weighted by Crippen LogP contribution is 2.48. The second-order valence-electron chi connectivity index (χ2n) is 9.96. The average Bonchev–Trinajstić information content (AvgIpc) is 3.37. The quantitative estimate of drug-likeness (QED) is 0.123. The summed E-state index contributed by atoms with van der Waals surface area (Å²) < 4.78 is 50.0. The lowest BCUT2D eigenvalue weighted by molar-refractivity contribution is -0.0345. The van der Waals surface area contributed by atoms with Crippen molar-refractivity contribution in [2.75, 3.05) is 51.1 Å². The van der Waals surface area contributed by atoms with Gasteiger partial charge in [0.2, 0.25) is 13.6 Å². The van der Waals surface area contributed by atoms with Crippen LogP contribution in [0.25, 0.3) is 11.2 Å². The van der Waals surface area contributed by atoms with E-state index in [1.165, 1.54) is 12.7 Å². The number of aliphatic hydroxyl groups excluding tert-OH is 1. The Morgan fingerprint density at radius 3 is 2.14 bits per heavy atom. The molecule has 0 radical (unpaired) electrons. The molecule has 17 heteroatoms. The summed E-state index contributed by atoms with van der Waals surface area (Å²) in [5, 5.41) is 10.1. The van der Waals surface area contributed by atoms with Gasteiger partial charge in [0.15, 0.2) is 17.0 Å². The van der Waals surface area contributed by atoms with Gasteiger partial charge in [0.1, 0.15) is 12.7 Å². The maximum atomic E-state index is 13.2. The van der Waals surface area contributed by atoms with E-state index in [-0.39, 0.29) is 13.2 Å². The Labute approximate surface area is 244 Å². The number of fused-ring (bicyclic) bond motifs is 1. The normalized spacial score (nSPS) is 14.8. The van der Waals surface area contributed by atoms with E-state index < -0.39 is 58.1 Å². The summed E-state index contributed by atoms with van der Waals surface area (Å²) in [5.74, 6) is 0.764. The molecular formula is C25H40N5O11P. The minimum atomic E-state index is -4.09. The van der Waals surface area contributed by atoms with E-state index in [0.717, 1.165) is 31.7 Å². The van der Waals surface area contributed by atoms with Crippen LogP contribution >= 0.6 is 7.60 Å². The molecule has 3 rings (SSSR count). The van der Waals surface area contributed by atoms with Crippen molar-refractivity contribution >= 4 is 36.9 Å². The molecule has 1 atom stereocenters. The first-order chi connectivity index (χ1) is 20.1. The van der Waals surface area contributed by atoms with E-state index in [0.29, 0.717) is 17.6 Å². The highest BCUT2D eigenvalue weighted by Gasteiger charge is 2.28. The van der Waals surface area contributed by atoms with Gasteiger partial charge in [-0.2, -0.15) is 0 Å². The predicted octanol–water partition coefficient (Wildman–Crippen LogP) is 3.98. The van der Waals surface area contributed by atoms with E-state index >= 15 is 0 Å². The van der Waals surface area contributed by atoms with Crippen molar-refractivity contribution in [1.82, 2.24) is 19.5 Å². The molecule has 0 bridgehead atoms. The molecule has 0 aromatic carbocycles. The van der Waals surface area contributed by atoms with Crippen LogP contribution in [-0.4, -0.2) is 95.4 Å². The van der Waals surface area contributed by atoms with Crippen LogP contribution in [0.1, 0.15) is 59.4 Å². The van der Waals surface area contributed by atoms with Gasteiger partial charge in [0.05, 0.1) is 31.2 Å². The molecule has 1 aliphatic rings. The number of hydrogen-bond donors (Lipinski definition) is 1. The van der Waals surface area contributed by atoms with Crippen molar-refractivity contribution in [3.05, 3.63) is 12.7 Å². The van der Waals surface area contributed by atoms with Gasteiger partial charge in [-0.25, -0.2) is 24.5 Å². The Kier molecular flexibility index (Phi) is 13.2. The highest BCUT2D eigenvalue weighted by atomic mass is 31.2. The number of aromatic nitrogens is 4. The summed E-state index contributed by atoms with van der Waals surface area (Å²) in [6.45, 7) is 6.58. The van der Waals surface area contributed by atoms with Crippen LogP contribution in [0.3, 0.4) is 0 Å². The standard InChI is InChI=1S/C25H40N5O11P/c1-18(2)40-24(32)36-15-38-42(34,39-16-37-25(33)41-19(3)4)17-35-11-8-20(12-31)30-14-28-21-22(26-13-27-23(21)30)29-9-6-5-7-10-29/h13-14,18-20,31H,5-12,15-17H2,1-4H3. The molecule has 2 aromatic rings. The smallest absolute Gasteiger partial charge is 0.432 e. The van der Waals surface area contributed by atoms with Gasteiger partial charge in [-0.1, -0.05) is 0 Å². The van der Waals surface area contributed by atoms with Crippen molar-refractivity contribution < 1.29 is 52.0 Å². The summed E-state index contributed by atoms with van der Waals surface area (Å²) in [6.07, 6.45) is 3.25. The van der Waals surface area contributed by atoms with Crippen LogP contribution in [0, 0.1) is 0 Å². The zero-order chi connectivity index (χ0) is 30.5. The topological polar surface area (TPSA) is 183 Å². The lowest BCUT2D eigenvalue weighted by atomic mass is 10.1. The third kappa shape index (κ3) is 10.3. The van der Waals surface area contributed by atoms with Crippen molar-refractivity contribution in [3.8, 4) is 0 Å². The van der Waals surface area contributed by atoms with Crippen molar-refractivity contribution in [2.45, 2.75) is 71.6 Å². The summed E-state index contributed by atoms with van der Waals surface area (Å²) in [6, 6.07) is -0.455. The van der Waals surface area contributed by atoms with Crippen molar-refractivity contribution in [3.63, 3.8) is 0 Å². The fraction of sp³-hybridized carbons (Fsp3) is 0.720. The molecule has 16 nitrogen and oxygen atoms in total. The minimum absolute atomic E-state index is 0.0260. The van der Waals surface area contributed by atoms with E-state index in [1.54, 1.807) is 38.6 Å². The molecule has 1 saturated heterocycles. The fourth-order valence-electron chi connectivity index (χ4n) is 4.03. The van der Waals surface area contributed by atoms with Crippen molar-refractivity contribution in [1.29, 1.82) is 0 Å². The summed E-state index contributed by atoms with van der Waals surface area (Å²) in [4.78, 5) is 38.8. The monoisotopic (exact) mass is 617 g/mol. The first kappa shape index (κ1) is 33.5. The Bertz CT molecular complexity index is 1160. The number of carbonyl (C=O) groups excluding carboxylic acids is 2. The fourth-order valence-corrected chi connectivity index (χ4v) is 5.04. The Balaban J connectivity index is 1.58. The zero-order valence-electron chi connectivity index (χ0n) is 24.4. The third-order valence-corrected chi connectivity index (χ3v) is 7.46. The number of rotatable bonds is 16. The second kappa shape index (κ2) is 16.6. The Hall–Kier alpha value is -3.04. The Morgan fingerprint density at radius 1 is 0.952 bits per heavy atom. The number of hydrogen-bond acceptors (Lipinski definition) is 15. The molecule has 0 aliphatic carbocycles. The third-order valence-electron chi connectivity index (χ3n) is 5.96. The molecule has 3 heterocycles. The summed E-state index contributed by atoms with van der Waals surface area (Å²) in [5.41, 5.74) is 1.23. The molecule has 0 amide bonds. The number of imidazole rings is 1. The Morgan fingerprint density at radius 2 is 1.57 bits per heavy atom. The summed E-state index contributed by atoms with van der Waals surface area (Å²) >= 11 is 0. The largest absolute Gasteiger partial charge is 0.510 e. The molecule has 42 heavy (non-hydrogen) atoms. The molecule has 236 valence electrons. The number of nitrogens with zero attached hydrogens (tertiary/aromatic N) is 5. The van der Waals surface area contributed by atoms with Crippen LogP contribution in [0.5, 0.6) is 0 Å². The molecule has 0 saturated carbocycles. The van der Waals surface area contributed by atoms with Crippen LogP contribution in [0.2, 0.25) is 0 Å². The predicted molar refractivity (Wildman–Crippen MR) is 148 cm³/mol. The van der Waals surface area contributed by atoms with Gasteiger partial charge in [0.25, 0.3) is 0 Å². The van der Waals surface area contributed by atoms with Gasteiger partial charge < -0.3 is 38.3 Å². The molecule has 1 aliphatic heterocycles. The van der Waals surface area contributed by atoms with Crippen molar-refractivity contribution in [2.24, 2.45) is 0 Å². The number of ether oxygens (including phenoxy) is 5. The molecule has 0 spiro atoms. The van der Waals surface area contributed by atoms with Gasteiger partial charge in [-0.3, -0.25) is 13.6 Å². The van der Waals surface area contributed by atoms with Gasteiger partial charge in [0, 0.05) is 19.7 Å². The first-order valence-corrected chi connectivity index (χ1v) is 15.5. The second-order valence-corrected chi connectivity index (χ2v) is 12.0. The van der Waals surface area contributed by atoms with E-state index in [2.05, 4.69) is 19.9 Å².